The number of aromatic amines is 2. The Morgan fingerprint density at radius 3 is 2.57 bits per heavy atom. The Hall–Kier alpha value is -0.780. The molecule has 0 aliphatic carbocycles. The van der Waals surface area contributed by atoms with Gasteiger partial charge in [-0.05, 0) is 6.42 Å². The second-order valence-electron chi connectivity index (χ2n) is 5.08. The molecule has 1 amide bonds. The van der Waals surface area contributed by atoms with Gasteiger partial charge in [0.1, 0.15) is 11.9 Å². The van der Waals surface area contributed by atoms with E-state index < -0.39 is 0 Å². The average Bonchev–Trinajstić information content (AvgIpc) is 2.90. The van der Waals surface area contributed by atoms with Crippen LogP contribution in [0.25, 0.3) is 0 Å². The van der Waals surface area contributed by atoms with Gasteiger partial charge in [-0.2, -0.15) is 0 Å². The number of unbranched alkanes of at least 4 members (excludes halogenated alkanes) is 5. The molecule has 0 spiro atoms. The predicted molar refractivity (Wildman–Crippen MR) is 74.1 cm³/mol. The minimum absolute atomic E-state index is 0. The summed E-state index contributed by atoms with van der Waals surface area (Å²) in [6, 6.07) is -0.229. The number of halogens is 2. The fraction of sp³-hybridized carbons (Fsp3) is 0.714. The number of aromatic nitrogens is 2. The molecule has 6 N–H and O–H groups in total. The lowest BCUT2D eigenvalue weighted by atomic mass is 10.1. The van der Waals surface area contributed by atoms with Crippen LogP contribution in [0.4, 0.5) is 0 Å². The monoisotopic (exact) mass is 338 g/mol. The van der Waals surface area contributed by atoms with Crippen LogP contribution in [0.5, 0.6) is 0 Å². The lowest BCUT2D eigenvalue weighted by Crippen LogP contribution is -3.00. The highest BCUT2D eigenvalue weighted by Crippen LogP contribution is 2.04. The van der Waals surface area contributed by atoms with Gasteiger partial charge in [0.05, 0.1) is 6.42 Å². The quantitative estimate of drug-likeness (QED) is 0.365. The van der Waals surface area contributed by atoms with Gasteiger partial charge in [-0.15, -0.1) is 0 Å². The number of amides is 1. The highest BCUT2D eigenvalue weighted by molar-refractivity contribution is 5.80. The van der Waals surface area contributed by atoms with Crippen LogP contribution in [-0.2, 0) is 11.2 Å². The number of imidazole rings is 1. The number of carbonyl (C=O) groups excluding carboxylic acids is 1. The van der Waals surface area contributed by atoms with Crippen molar-refractivity contribution in [1.82, 2.24) is 10.3 Å². The molecule has 7 heteroatoms. The van der Waals surface area contributed by atoms with Gasteiger partial charge >= 0.3 is 0 Å². The third kappa shape index (κ3) is 10.6. The van der Waals surface area contributed by atoms with Crippen molar-refractivity contribution in [3.05, 3.63) is 18.2 Å². The van der Waals surface area contributed by atoms with E-state index in [0.29, 0.717) is 6.42 Å². The third-order valence-corrected chi connectivity index (χ3v) is 3.27. The number of carbonyl (C=O) groups is 1. The van der Waals surface area contributed by atoms with E-state index in [-0.39, 0.29) is 36.8 Å². The van der Waals surface area contributed by atoms with E-state index in [9.17, 15) is 4.79 Å². The van der Waals surface area contributed by atoms with Gasteiger partial charge in [0.25, 0.3) is 5.91 Å². The third-order valence-electron chi connectivity index (χ3n) is 3.27. The predicted octanol–water partition coefficient (Wildman–Crippen LogP) is -5.53. The zero-order valence-corrected chi connectivity index (χ0v) is 14.3. The number of nitrogens with one attached hydrogen (secondary N) is 3. The van der Waals surface area contributed by atoms with E-state index in [0.717, 1.165) is 18.7 Å². The van der Waals surface area contributed by atoms with Crippen molar-refractivity contribution in [3.8, 4) is 0 Å². The molecule has 1 heterocycles. The minimum Gasteiger partial charge on any atom is -1.00 e. The van der Waals surface area contributed by atoms with Crippen LogP contribution in [-0.4, -0.2) is 23.5 Å². The first-order chi connectivity index (χ1) is 9.24. The summed E-state index contributed by atoms with van der Waals surface area (Å²) in [6.07, 6.45) is 11.7. The molecule has 0 aromatic carbocycles. The maximum atomic E-state index is 11.8. The van der Waals surface area contributed by atoms with Crippen molar-refractivity contribution in [1.29, 1.82) is 0 Å². The first-order valence-corrected chi connectivity index (χ1v) is 7.38. The van der Waals surface area contributed by atoms with Gasteiger partial charge in [0.15, 0.2) is 6.04 Å². The highest BCUT2D eigenvalue weighted by Gasteiger charge is 2.19. The fourth-order valence-corrected chi connectivity index (χ4v) is 2.06. The van der Waals surface area contributed by atoms with Crippen LogP contribution in [0, 0.1) is 0 Å². The van der Waals surface area contributed by atoms with Gasteiger partial charge < -0.3 is 35.9 Å². The van der Waals surface area contributed by atoms with Gasteiger partial charge in [0.2, 0.25) is 6.33 Å². The van der Waals surface area contributed by atoms with E-state index in [1.54, 1.807) is 6.33 Å². The number of rotatable bonds is 10. The summed E-state index contributed by atoms with van der Waals surface area (Å²) in [6.45, 7) is 2.99. The van der Waals surface area contributed by atoms with Crippen molar-refractivity contribution in [3.63, 3.8) is 0 Å². The molecule has 1 unspecified atom stereocenters. The van der Waals surface area contributed by atoms with Crippen LogP contribution in [0.3, 0.4) is 0 Å². The van der Waals surface area contributed by atoms with E-state index in [2.05, 4.69) is 27.9 Å². The number of H-pyrrole nitrogens is 2. The average molecular weight is 339 g/mol. The second kappa shape index (κ2) is 14.2. The Balaban J connectivity index is 0. The molecule has 0 radical (unpaired) electrons. The Kier molecular flexibility index (Phi) is 15.2. The second-order valence-corrected chi connectivity index (χ2v) is 5.08. The summed E-state index contributed by atoms with van der Waals surface area (Å²) in [5, 5.41) is 2.96. The number of hydrogen-bond donors (Lipinski definition) is 3. The number of quaternary nitrogens is 1. The first kappa shape index (κ1) is 22.5. The SMILES string of the molecule is CCCCCCCCNC(=O)C([NH3+])Cc1c[nH+]c[nH]1.[Cl-].[Cl-]. The zero-order chi connectivity index (χ0) is 13.9. The van der Waals surface area contributed by atoms with Crippen molar-refractivity contribution >= 4 is 5.91 Å². The molecular formula is C14H28Cl2N4O. The molecule has 124 valence electrons. The minimum atomic E-state index is -0.229. The largest absolute Gasteiger partial charge is 1.00 e. The molecule has 0 saturated heterocycles. The van der Waals surface area contributed by atoms with Gasteiger partial charge in [0, 0.05) is 6.54 Å². The molecule has 5 nitrogen and oxygen atoms in total. The normalized spacial score (nSPS) is 11.1. The van der Waals surface area contributed by atoms with E-state index in [4.69, 9.17) is 0 Å². The fourth-order valence-electron chi connectivity index (χ4n) is 2.06. The molecule has 0 aliphatic heterocycles. The van der Waals surface area contributed by atoms with Crippen LogP contribution in [0.1, 0.15) is 51.1 Å². The summed E-state index contributed by atoms with van der Waals surface area (Å²) in [7, 11) is 0. The Morgan fingerprint density at radius 2 is 1.95 bits per heavy atom. The molecule has 1 atom stereocenters. The molecule has 21 heavy (non-hydrogen) atoms. The summed E-state index contributed by atoms with van der Waals surface area (Å²) in [5.74, 6) is 0.0446. The van der Waals surface area contributed by atoms with Crippen LogP contribution in [0.15, 0.2) is 12.5 Å². The lowest BCUT2D eigenvalue weighted by molar-refractivity contribution is -0.404. The van der Waals surface area contributed by atoms with Crippen molar-refractivity contribution in [2.24, 2.45) is 0 Å². The van der Waals surface area contributed by atoms with E-state index in [1.165, 1.54) is 32.1 Å². The van der Waals surface area contributed by atoms with E-state index >= 15 is 0 Å². The highest BCUT2D eigenvalue weighted by atomic mass is 35.5. The first-order valence-electron chi connectivity index (χ1n) is 7.38. The van der Waals surface area contributed by atoms with Gasteiger partial charge in [-0.1, -0.05) is 39.0 Å². The zero-order valence-electron chi connectivity index (χ0n) is 12.8. The standard InChI is InChI=1S/C14H26N4O.2ClH/c1-2-3-4-5-6-7-8-17-14(19)13(15)9-12-10-16-11-18-12;;/h10-11,13H,2-9,15H2,1H3,(H,16,18)(H,17,19);2*1H. The molecule has 1 aromatic rings. The van der Waals surface area contributed by atoms with Crippen LogP contribution >= 0.6 is 0 Å². The topological polar surface area (TPSA) is 86.7 Å². The molecule has 1 aromatic heterocycles. The maximum absolute atomic E-state index is 11.8. The summed E-state index contributed by atoms with van der Waals surface area (Å²) in [4.78, 5) is 17.8. The van der Waals surface area contributed by atoms with Crippen molar-refractivity contribution < 1.29 is 40.3 Å². The summed E-state index contributed by atoms with van der Waals surface area (Å²) in [5.41, 5.74) is 4.92. The maximum Gasteiger partial charge on any atom is 0.278 e. The van der Waals surface area contributed by atoms with Crippen LogP contribution in [0.2, 0.25) is 0 Å². The van der Waals surface area contributed by atoms with Crippen molar-refractivity contribution in [2.75, 3.05) is 6.54 Å². The summed E-state index contributed by atoms with van der Waals surface area (Å²) < 4.78 is 0. The smallest absolute Gasteiger partial charge is 0.278 e. The van der Waals surface area contributed by atoms with Gasteiger partial charge in [-0.3, -0.25) is 9.78 Å². The van der Waals surface area contributed by atoms with Crippen LogP contribution < -0.4 is 40.8 Å². The lowest BCUT2D eigenvalue weighted by Gasteiger charge is -2.07. The molecule has 0 saturated carbocycles. The Labute approximate surface area is 139 Å². The Morgan fingerprint density at radius 1 is 1.29 bits per heavy atom. The van der Waals surface area contributed by atoms with Crippen molar-refractivity contribution in [2.45, 2.75) is 57.9 Å². The summed E-state index contributed by atoms with van der Waals surface area (Å²) >= 11 is 0. The Bertz CT molecular complexity index is 347. The molecule has 0 aliphatic rings. The molecule has 0 fully saturated rings. The number of hydrogen-bond acceptors (Lipinski definition) is 1. The van der Waals surface area contributed by atoms with E-state index in [1.807, 2.05) is 6.20 Å². The molecular weight excluding hydrogens is 311 g/mol. The molecule has 0 bridgehead atoms. The van der Waals surface area contributed by atoms with Gasteiger partial charge in [-0.25, -0.2) is 4.98 Å². The molecule has 1 rings (SSSR count).